The standard InChI is InChI=1S/C16H26N2/c1-11-7-13(3)15(8-12(11)2)16(9-17)18(4)10-14-5-6-14/h7-8,14,16H,5-6,9-10,17H2,1-4H3. The smallest absolute Gasteiger partial charge is 0.0470 e. The number of nitrogens with zero attached hydrogens (tertiary/aromatic N) is 1. The lowest BCUT2D eigenvalue weighted by atomic mass is 9.95. The third kappa shape index (κ3) is 2.93. The Labute approximate surface area is 111 Å². The molecule has 1 aromatic carbocycles. The second-order valence-corrected chi connectivity index (χ2v) is 5.93. The largest absolute Gasteiger partial charge is 0.329 e. The summed E-state index contributed by atoms with van der Waals surface area (Å²) in [7, 11) is 2.21. The lowest BCUT2D eigenvalue weighted by Crippen LogP contribution is -2.32. The summed E-state index contributed by atoms with van der Waals surface area (Å²) in [6.45, 7) is 8.46. The summed E-state index contributed by atoms with van der Waals surface area (Å²) in [5, 5.41) is 0. The third-order valence-electron chi connectivity index (χ3n) is 4.24. The van der Waals surface area contributed by atoms with Gasteiger partial charge in [0.15, 0.2) is 0 Å². The third-order valence-corrected chi connectivity index (χ3v) is 4.24. The number of nitrogens with two attached hydrogens (primary N) is 1. The van der Waals surface area contributed by atoms with Gasteiger partial charge in [0.25, 0.3) is 0 Å². The lowest BCUT2D eigenvalue weighted by Gasteiger charge is -2.29. The van der Waals surface area contributed by atoms with E-state index in [1.807, 2.05) is 0 Å². The molecule has 0 bridgehead atoms. The Kier molecular flexibility index (Phi) is 4.08. The predicted molar refractivity (Wildman–Crippen MR) is 77.8 cm³/mol. The fourth-order valence-electron chi connectivity index (χ4n) is 2.72. The highest BCUT2D eigenvalue weighted by Crippen LogP contribution is 2.32. The lowest BCUT2D eigenvalue weighted by molar-refractivity contribution is 0.239. The molecule has 18 heavy (non-hydrogen) atoms. The number of aryl methyl sites for hydroxylation is 3. The van der Waals surface area contributed by atoms with Gasteiger partial charge in [0, 0.05) is 19.1 Å². The zero-order valence-electron chi connectivity index (χ0n) is 12.2. The van der Waals surface area contributed by atoms with Gasteiger partial charge in [-0.1, -0.05) is 12.1 Å². The molecule has 0 aliphatic heterocycles. The van der Waals surface area contributed by atoms with Crippen LogP contribution in [-0.4, -0.2) is 25.0 Å². The molecule has 2 N–H and O–H groups in total. The molecule has 2 nitrogen and oxygen atoms in total. The van der Waals surface area contributed by atoms with E-state index < -0.39 is 0 Å². The topological polar surface area (TPSA) is 29.3 Å². The maximum Gasteiger partial charge on any atom is 0.0470 e. The Morgan fingerprint density at radius 2 is 1.78 bits per heavy atom. The molecular weight excluding hydrogens is 220 g/mol. The number of rotatable bonds is 5. The Morgan fingerprint density at radius 1 is 1.17 bits per heavy atom. The van der Waals surface area contributed by atoms with Crippen molar-refractivity contribution >= 4 is 0 Å². The quantitative estimate of drug-likeness (QED) is 0.865. The fraction of sp³-hybridized carbons (Fsp3) is 0.625. The maximum atomic E-state index is 6.02. The van der Waals surface area contributed by atoms with Gasteiger partial charge in [0.1, 0.15) is 0 Å². The minimum atomic E-state index is 0.366. The van der Waals surface area contributed by atoms with Gasteiger partial charge in [-0.25, -0.2) is 0 Å². The molecule has 0 radical (unpaired) electrons. The summed E-state index contributed by atoms with van der Waals surface area (Å²) in [5.74, 6) is 0.913. The van der Waals surface area contributed by atoms with Crippen molar-refractivity contribution in [2.75, 3.05) is 20.1 Å². The Balaban J connectivity index is 2.22. The maximum absolute atomic E-state index is 6.02. The number of likely N-dealkylation sites (N-methyl/N-ethyl adjacent to an activating group) is 1. The second-order valence-electron chi connectivity index (χ2n) is 5.93. The molecule has 1 aliphatic rings. The SMILES string of the molecule is Cc1cc(C)c(C(CN)N(C)CC2CC2)cc1C. The van der Waals surface area contributed by atoms with Gasteiger partial charge >= 0.3 is 0 Å². The molecule has 1 aromatic rings. The van der Waals surface area contributed by atoms with Crippen LogP contribution in [0.1, 0.15) is 41.1 Å². The van der Waals surface area contributed by atoms with Gasteiger partial charge in [-0.15, -0.1) is 0 Å². The predicted octanol–water partition coefficient (Wildman–Crippen LogP) is 2.95. The summed E-state index contributed by atoms with van der Waals surface area (Å²) in [6, 6.07) is 4.98. The number of hydrogen-bond donors (Lipinski definition) is 1. The number of hydrogen-bond acceptors (Lipinski definition) is 2. The summed E-state index contributed by atoms with van der Waals surface area (Å²) < 4.78 is 0. The van der Waals surface area contributed by atoms with Crippen LogP contribution in [0.25, 0.3) is 0 Å². The Bertz CT molecular complexity index is 421. The van der Waals surface area contributed by atoms with Crippen LogP contribution in [0.2, 0.25) is 0 Å². The van der Waals surface area contributed by atoms with Crippen LogP contribution >= 0.6 is 0 Å². The van der Waals surface area contributed by atoms with E-state index in [0.717, 1.165) is 5.92 Å². The van der Waals surface area contributed by atoms with E-state index in [2.05, 4.69) is 44.9 Å². The average Bonchev–Trinajstić information content (AvgIpc) is 3.10. The Hall–Kier alpha value is -0.860. The van der Waals surface area contributed by atoms with Gasteiger partial charge in [-0.3, -0.25) is 4.90 Å². The van der Waals surface area contributed by atoms with Crippen LogP contribution in [0.4, 0.5) is 0 Å². The molecule has 100 valence electrons. The molecule has 1 unspecified atom stereocenters. The first kappa shape index (κ1) is 13.6. The van der Waals surface area contributed by atoms with E-state index in [1.165, 1.54) is 41.6 Å². The second kappa shape index (κ2) is 5.41. The molecule has 0 amide bonds. The fourth-order valence-corrected chi connectivity index (χ4v) is 2.72. The van der Waals surface area contributed by atoms with Crippen molar-refractivity contribution in [2.45, 2.75) is 39.7 Å². The number of benzene rings is 1. The van der Waals surface area contributed by atoms with Crippen LogP contribution in [-0.2, 0) is 0 Å². The summed E-state index contributed by atoms with van der Waals surface area (Å²) in [4.78, 5) is 2.44. The molecule has 0 saturated heterocycles. The molecule has 1 atom stereocenters. The molecule has 2 rings (SSSR count). The summed E-state index contributed by atoms with van der Waals surface area (Å²) >= 11 is 0. The molecule has 0 heterocycles. The zero-order valence-corrected chi connectivity index (χ0v) is 12.2. The van der Waals surface area contributed by atoms with Gasteiger partial charge in [0.2, 0.25) is 0 Å². The van der Waals surface area contributed by atoms with Crippen molar-refractivity contribution in [1.82, 2.24) is 4.90 Å². The summed E-state index contributed by atoms with van der Waals surface area (Å²) in [5.41, 5.74) is 11.5. The molecule has 1 fully saturated rings. The van der Waals surface area contributed by atoms with Crippen molar-refractivity contribution < 1.29 is 0 Å². The van der Waals surface area contributed by atoms with Crippen LogP contribution in [0, 0.1) is 26.7 Å². The van der Waals surface area contributed by atoms with E-state index in [1.54, 1.807) is 0 Å². The van der Waals surface area contributed by atoms with Crippen molar-refractivity contribution in [1.29, 1.82) is 0 Å². The van der Waals surface area contributed by atoms with Gasteiger partial charge in [-0.05, 0) is 68.8 Å². The van der Waals surface area contributed by atoms with Crippen LogP contribution in [0.3, 0.4) is 0 Å². The van der Waals surface area contributed by atoms with Crippen molar-refractivity contribution in [3.8, 4) is 0 Å². The minimum absolute atomic E-state index is 0.366. The molecule has 0 spiro atoms. The first-order valence-electron chi connectivity index (χ1n) is 7.01. The van der Waals surface area contributed by atoms with Crippen LogP contribution in [0.15, 0.2) is 12.1 Å². The van der Waals surface area contributed by atoms with E-state index in [9.17, 15) is 0 Å². The monoisotopic (exact) mass is 246 g/mol. The molecule has 0 aromatic heterocycles. The highest BCUT2D eigenvalue weighted by atomic mass is 15.1. The zero-order chi connectivity index (χ0) is 13.3. The first-order valence-corrected chi connectivity index (χ1v) is 7.01. The van der Waals surface area contributed by atoms with Gasteiger partial charge in [0.05, 0.1) is 0 Å². The minimum Gasteiger partial charge on any atom is -0.329 e. The van der Waals surface area contributed by atoms with Crippen molar-refractivity contribution in [3.05, 3.63) is 34.4 Å². The van der Waals surface area contributed by atoms with E-state index in [4.69, 9.17) is 5.73 Å². The molecule has 1 saturated carbocycles. The summed E-state index contributed by atoms with van der Waals surface area (Å²) in [6.07, 6.45) is 2.79. The van der Waals surface area contributed by atoms with Crippen molar-refractivity contribution in [3.63, 3.8) is 0 Å². The van der Waals surface area contributed by atoms with Crippen molar-refractivity contribution in [2.24, 2.45) is 11.7 Å². The van der Waals surface area contributed by atoms with Gasteiger partial charge in [-0.2, -0.15) is 0 Å². The highest BCUT2D eigenvalue weighted by molar-refractivity contribution is 5.38. The first-order chi connectivity index (χ1) is 8.52. The highest BCUT2D eigenvalue weighted by Gasteiger charge is 2.26. The molecule has 2 heteroatoms. The van der Waals surface area contributed by atoms with Crippen LogP contribution in [0.5, 0.6) is 0 Å². The van der Waals surface area contributed by atoms with Gasteiger partial charge < -0.3 is 5.73 Å². The van der Waals surface area contributed by atoms with E-state index >= 15 is 0 Å². The molecular formula is C16H26N2. The molecule has 1 aliphatic carbocycles. The normalized spacial score (nSPS) is 17.2. The Morgan fingerprint density at radius 3 is 2.33 bits per heavy atom. The van der Waals surface area contributed by atoms with E-state index in [-0.39, 0.29) is 0 Å². The van der Waals surface area contributed by atoms with Crippen LogP contribution < -0.4 is 5.73 Å². The average molecular weight is 246 g/mol. The van der Waals surface area contributed by atoms with E-state index in [0.29, 0.717) is 12.6 Å².